The van der Waals surface area contributed by atoms with Crippen LogP contribution < -0.4 is 9.80 Å². The summed E-state index contributed by atoms with van der Waals surface area (Å²) in [6.45, 7) is 3.01. The quantitative estimate of drug-likeness (QED) is 0.279. The highest BCUT2D eigenvalue weighted by Crippen LogP contribution is 2.47. The third-order valence-corrected chi connectivity index (χ3v) is 9.40. The number of rotatable bonds is 8. The highest BCUT2D eigenvalue weighted by Gasteiger charge is 2.52. The molecule has 0 aromatic heterocycles. The molecule has 0 radical (unpaired) electrons. The van der Waals surface area contributed by atoms with Gasteiger partial charge < -0.3 is 24.9 Å². The summed E-state index contributed by atoms with van der Waals surface area (Å²) in [5, 5.41) is 22.0. The van der Waals surface area contributed by atoms with E-state index in [4.69, 9.17) is 0 Å². The molecule has 3 aromatic rings. The van der Waals surface area contributed by atoms with Crippen LogP contribution in [0.25, 0.3) is 0 Å². The van der Waals surface area contributed by atoms with Crippen molar-refractivity contribution in [2.75, 3.05) is 23.0 Å². The predicted octanol–water partition coefficient (Wildman–Crippen LogP) is 4.45. The molecule has 0 saturated carbocycles. The van der Waals surface area contributed by atoms with Crippen molar-refractivity contribution < 1.29 is 24.6 Å². The Labute approximate surface area is 259 Å². The molecule has 222 valence electrons. The molecule has 3 aliphatic rings. The van der Waals surface area contributed by atoms with Crippen LogP contribution in [0.2, 0.25) is 0 Å². The number of benzene rings is 3. The maximum Gasteiger partial charge on any atom is 0.264 e. The first kappa shape index (κ1) is 29.3. The van der Waals surface area contributed by atoms with Gasteiger partial charge in [-0.05, 0) is 53.4 Å². The Kier molecular flexibility index (Phi) is 7.98. The SMILES string of the molecule is C[C@H](/C=C/CC(=O)N1Cc2ccccc2C[C@H]1CO)[C@@]1(O)C(=O)N(Cc2cccc(N3CCC3=O)c2)c2ccc(Br)cc21. The number of β-lactam (4-membered cyclic amide) rings is 1. The lowest BCUT2D eigenvalue weighted by molar-refractivity contribution is -0.139. The van der Waals surface area contributed by atoms with Gasteiger partial charge in [-0.1, -0.05) is 71.4 Å². The first-order valence-corrected chi connectivity index (χ1v) is 15.4. The van der Waals surface area contributed by atoms with Crippen LogP contribution in [0.15, 0.2) is 83.4 Å². The van der Waals surface area contributed by atoms with Crippen molar-refractivity contribution >= 4 is 45.0 Å². The van der Waals surface area contributed by atoms with Crippen LogP contribution in [-0.2, 0) is 39.5 Å². The summed E-state index contributed by atoms with van der Waals surface area (Å²) in [5.74, 6) is -1.11. The zero-order valence-corrected chi connectivity index (χ0v) is 25.5. The van der Waals surface area contributed by atoms with Gasteiger partial charge in [0.1, 0.15) is 0 Å². The maximum atomic E-state index is 14.0. The van der Waals surface area contributed by atoms with Gasteiger partial charge in [0, 0.05) is 47.6 Å². The van der Waals surface area contributed by atoms with Gasteiger partial charge in [-0.2, -0.15) is 0 Å². The van der Waals surface area contributed by atoms with Crippen LogP contribution in [0.3, 0.4) is 0 Å². The number of fused-ring (bicyclic) bond motifs is 2. The predicted molar refractivity (Wildman–Crippen MR) is 167 cm³/mol. The van der Waals surface area contributed by atoms with Gasteiger partial charge in [0.05, 0.1) is 24.9 Å². The van der Waals surface area contributed by atoms with Crippen molar-refractivity contribution in [2.24, 2.45) is 5.92 Å². The Morgan fingerprint density at radius 1 is 1.09 bits per heavy atom. The van der Waals surface area contributed by atoms with Gasteiger partial charge in [0.2, 0.25) is 11.8 Å². The number of aliphatic hydroxyl groups excluding tert-OH is 1. The van der Waals surface area contributed by atoms with Crippen LogP contribution in [0.5, 0.6) is 0 Å². The summed E-state index contributed by atoms with van der Waals surface area (Å²) < 4.78 is 0.740. The number of halogens is 1. The Hall–Kier alpha value is -3.79. The second-order valence-corrected chi connectivity index (χ2v) is 12.5. The third kappa shape index (κ3) is 5.30. The number of carbonyl (C=O) groups excluding carboxylic acids is 3. The van der Waals surface area contributed by atoms with E-state index in [1.807, 2.05) is 60.7 Å². The number of carbonyl (C=O) groups is 3. The van der Waals surface area contributed by atoms with Crippen LogP contribution >= 0.6 is 15.9 Å². The molecule has 6 rings (SSSR count). The highest BCUT2D eigenvalue weighted by molar-refractivity contribution is 9.10. The summed E-state index contributed by atoms with van der Waals surface area (Å²) >= 11 is 3.49. The molecule has 2 N–H and O–H groups in total. The monoisotopic (exact) mass is 643 g/mol. The number of amides is 3. The third-order valence-electron chi connectivity index (χ3n) is 8.91. The molecular weight excluding hydrogens is 610 g/mol. The van der Waals surface area contributed by atoms with Crippen molar-refractivity contribution in [3.8, 4) is 0 Å². The summed E-state index contributed by atoms with van der Waals surface area (Å²) in [6, 6.07) is 20.7. The molecule has 1 saturated heterocycles. The van der Waals surface area contributed by atoms with E-state index >= 15 is 0 Å². The lowest BCUT2D eigenvalue weighted by Gasteiger charge is -2.36. The Balaban J connectivity index is 1.20. The smallest absolute Gasteiger partial charge is 0.264 e. The summed E-state index contributed by atoms with van der Waals surface area (Å²) in [7, 11) is 0. The standard InChI is InChI=1S/C34H34BrN3O5/c1-22(6-4-11-31(40)37-20-25-9-3-2-8-24(25)17-28(37)21-39)34(43)29-18-26(35)12-13-30(29)38(33(34)42)19-23-7-5-10-27(16-23)36-15-14-32(36)41/h2-10,12-13,16,18,22,28,39,43H,11,14-15,17,19-21H2,1H3/b6-4+/t22-,28+,34+/m1/s1. The fourth-order valence-corrected chi connectivity index (χ4v) is 6.70. The zero-order chi connectivity index (χ0) is 30.3. The number of anilines is 2. The van der Waals surface area contributed by atoms with Gasteiger partial charge in [-0.25, -0.2) is 0 Å². The second kappa shape index (κ2) is 11.7. The minimum atomic E-state index is -1.83. The Bertz CT molecular complexity index is 1620. The van der Waals surface area contributed by atoms with E-state index in [-0.39, 0.29) is 37.4 Å². The molecule has 0 spiro atoms. The molecule has 3 amide bonds. The summed E-state index contributed by atoms with van der Waals surface area (Å²) in [6.07, 6.45) is 4.66. The van der Waals surface area contributed by atoms with Crippen molar-refractivity contribution in [1.29, 1.82) is 0 Å². The minimum Gasteiger partial charge on any atom is -0.394 e. The minimum absolute atomic E-state index is 0.0787. The van der Waals surface area contributed by atoms with Crippen LogP contribution in [-0.4, -0.2) is 52.0 Å². The topological polar surface area (TPSA) is 101 Å². The fourth-order valence-electron chi connectivity index (χ4n) is 6.34. The molecule has 9 heteroatoms. The first-order valence-electron chi connectivity index (χ1n) is 14.6. The van der Waals surface area contributed by atoms with E-state index < -0.39 is 17.4 Å². The number of hydrogen-bond acceptors (Lipinski definition) is 5. The second-order valence-electron chi connectivity index (χ2n) is 11.5. The van der Waals surface area contributed by atoms with Crippen molar-refractivity contribution in [1.82, 2.24) is 4.90 Å². The number of nitrogens with zero attached hydrogens (tertiary/aromatic N) is 3. The van der Waals surface area contributed by atoms with E-state index in [9.17, 15) is 24.6 Å². The van der Waals surface area contributed by atoms with Crippen LogP contribution in [0.4, 0.5) is 11.4 Å². The van der Waals surface area contributed by atoms with E-state index in [0.29, 0.717) is 37.2 Å². The van der Waals surface area contributed by atoms with Gasteiger partial charge in [-0.3, -0.25) is 14.4 Å². The molecule has 8 nitrogen and oxygen atoms in total. The maximum absolute atomic E-state index is 14.0. The van der Waals surface area contributed by atoms with Crippen molar-refractivity contribution in [2.45, 2.75) is 50.9 Å². The molecule has 3 aliphatic heterocycles. The average molecular weight is 645 g/mol. The largest absolute Gasteiger partial charge is 0.394 e. The molecule has 0 unspecified atom stereocenters. The van der Waals surface area contributed by atoms with E-state index in [2.05, 4.69) is 15.9 Å². The molecule has 1 fully saturated rings. The molecule has 3 heterocycles. The molecule has 3 atom stereocenters. The fraction of sp³-hybridized carbons (Fsp3) is 0.324. The van der Waals surface area contributed by atoms with Gasteiger partial charge in [0.25, 0.3) is 5.91 Å². The zero-order valence-electron chi connectivity index (χ0n) is 23.9. The molecule has 0 bridgehead atoms. The van der Waals surface area contributed by atoms with Gasteiger partial charge in [-0.15, -0.1) is 0 Å². The number of aliphatic hydroxyl groups is 2. The molecule has 0 aliphatic carbocycles. The summed E-state index contributed by atoms with van der Waals surface area (Å²) in [4.78, 5) is 44.2. The first-order chi connectivity index (χ1) is 20.7. The van der Waals surface area contributed by atoms with Crippen LogP contribution in [0.1, 0.15) is 42.0 Å². The summed E-state index contributed by atoms with van der Waals surface area (Å²) in [5.41, 5.74) is 3.15. The normalized spacial score (nSPS) is 22.0. The van der Waals surface area contributed by atoms with E-state index in [1.165, 1.54) is 0 Å². The lowest BCUT2D eigenvalue weighted by atomic mass is 9.83. The van der Waals surface area contributed by atoms with Crippen molar-refractivity contribution in [3.63, 3.8) is 0 Å². The Morgan fingerprint density at radius 2 is 1.88 bits per heavy atom. The average Bonchev–Trinajstić information content (AvgIpc) is 3.21. The highest BCUT2D eigenvalue weighted by atomic mass is 79.9. The van der Waals surface area contributed by atoms with E-state index in [0.717, 1.165) is 26.9 Å². The molecule has 3 aromatic carbocycles. The van der Waals surface area contributed by atoms with Crippen LogP contribution in [0, 0.1) is 5.92 Å². The van der Waals surface area contributed by atoms with Gasteiger partial charge in [0.15, 0.2) is 5.60 Å². The molecular formula is C34H34BrN3O5. The lowest BCUT2D eigenvalue weighted by Crippen LogP contribution is -2.46. The van der Waals surface area contributed by atoms with Crippen molar-refractivity contribution in [3.05, 3.63) is 106 Å². The molecule has 43 heavy (non-hydrogen) atoms. The van der Waals surface area contributed by atoms with E-state index in [1.54, 1.807) is 39.8 Å². The Morgan fingerprint density at radius 3 is 2.60 bits per heavy atom. The number of hydrogen-bond donors (Lipinski definition) is 2. The van der Waals surface area contributed by atoms with Gasteiger partial charge >= 0.3 is 0 Å².